The van der Waals surface area contributed by atoms with Gasteiger partial charge in [0.15, 0.2) is 0 Å². The van der Waals surface area contributed by atoms with Gasteiger partial charge in [-0.25, -0.2) is 0 Å². The Morgan fingerprint density at radius 1 is 1.42 bits per heavy atom. The number of hydrogen-bond acceptors (Lipinski definition) is 3. The van der Waals surface area contributed by atoms with Crippen molar-refractivity contribution in [1.82, 2.24) is 5.32 Å². The molecule has 0 rings (SSSR count). The topological polar surface area (TPSA) is 58.3 Å². The molecule has 2 unspecified atom stereocenters. The van der Waals surface area contributed by atoms with E-state index in [1.807, 2.05) is 6.92 Å². The zero-order chi connectivity index (χ0) is 9.40. The van der Waals surface area contributed by atoms with E-state index in [4.69, 9.17) is 5.73 Å². The Kier molecular flexibility index (Phi) is 7.45. The van der Waals surface area contributed by atoms with Gasteiger partial charge in [-0.3, -0.25) is 0 Å². The smallest absolute Gasteiger partial charge is 0.0552 e. The van der Waals surface area contributed by atoms with Crippen LogP contribution in [0.4, 0.5) is 0 Å². The van der Waals surface area contributed by atoms with E-state index in [0.29, 0.717) is 0 Å². The zero-order valence-electron chi connectivity index (χ0n) is 8.21. The molecular weight excluding hydrogens is 152 g/mol. The monoisotopic (exact) mass is 174 g/mol. The van der Waals surface area contributed by atoms with Gasteiger partial charge >= 0.3 is 0 Å². The molecule has 0 amide bonds. The van der Waals surface area contributed by atoms with Gasteiger partial charge in [0.2, 0.25) is 0 Å². The van der Waals surface area contributed by atoms with Crippen molar-refractivity contribution in [3.63, 3.8) is 0 Å². The molecule has 0 fully saturated rings. The molecule has 4 N–H and O–H groups in total. The molecule has 0 aromatic rings. The summed E-state index contributed by atoms with van der Waals surface area (Å²) < 4.78 is 0. The minimum Gasteiger partial charge on any atom is -0.393 e. The molecule has 74 valence electrons. The lowest BCUT2D eigenvalue weighted by Gasteiger charge is -2.12. The van der Waals surface area contributed by atoms with Crippen LogP contribution in [0, 0.1) is 0 Å². The van der Waals surface area contributed by atoms with Crippen molar-refractivity contribution in [3.8, 4) is 0 Å². The highest BCUT2D eigenvalue weighted by molar-refractivity contribution is 4.59. The van der Waals surface area contributed by atoms with Crippen LogP contribution in [-0.4, -0.2) is 23.9 Å². The third kappa shape index (κ3) is 7.98. The molecule has 0 radical (unpaired) electrons. The van der Waals surface area contributed by atoms with Crippen LogP contribution in [0.2, 0.25) is 0 Å². The summed E-state index contributed by atoms with van der Waals surface area (Å²) in [6.45, 7) is 4.84. The molecular formula is C9H22N2O. The van der Waals surface area contributed by atoms with Crippen LogP contribution in [0.3, 0.4) is 0 Å². The summed E-state index contributed by atoms with van der Waals surface area (Å²) in [5.41, 5.74) is 5.49. The molecule has 0 spiro atoms. The van der Waals surface area contributed by atoms with E-state index in [0.717, 1.165) is 32.2 Å². The Morgan fingerprint density at radius 2 is 2.08 bits per heavy atom. The number of nitrogens with two attached hydrogens (primary N) is 1. The van der Waals surface area contributed by atoms with Gasteiger partial charge in [-0.1, -0.05) is 19.8 Å². The fourth-order valence-electron chi connectivity index (χ4n) is 1.06. The van der Waals surface area contributed by atoms with Gasteiger partial charge in [0, 0.05) is 0 Å². The molecule has 0 saturated heterocycles. The van der Waals surface area contributed by atoms with Gasteiger partial charge in [0.05, 0.1) is 12.3 Å². The summed E-state index contributed by atoms with van der Waals surface area (Å²) in [6, 6.07) is 0. The SMILES string of the molecule is CCCCC(O)CCNC(C)N. The van der Waals surface area contributed by atoms with Crippen molar-refractivity contribution in [2.75, 3.05) is 6.54 Å². The van der Waals surface area contributed by atoms with Crippen LogP contribution in [-0.2, 0) is 0 Å². The Morgan fingerprint density at radius 3 is 2.58 bits per heavy atom. The van der Waals surface area contributed by atoms with Gasteiger partial charge in [-0.15, -0.1) is 0 Å². The first-order chi connectivity index (χ1) is 5.66. The van der Waals surface area contributed by atoms with Crippen molar-refractivity contribution in [1.29, 1.82) is 0 Å². The van der Waals surface area contributed by atoms with Gasteiger partial charge in [-0.2, -0.15) is 0 Å². The lowest BCUT2D eigenvalue weighted by Crippen LogP contribution is -2.35. The first-order valence-electron chi connectivity index (χ1n) is 4.83. The molecule has 0 bridgehead atoms. The highest BCUT2D eigenvalue weighted by Crippen LogP contribution is 2.02. The maximum Gasteiger partial charge on any atom is 0.0552 e. The van der Waals surface area contributed by atoms with Gasteiger partial charge in [0.1, 0.15) is 0 Å². The summed E-state index contributed by atoms with van der Waals surface area (Å²) in [5.74, 6) is 0. The van der Waals surface area contributed by atoms with E-state index < -0.39 is 0 Å². The van der Waals surface area contributed by atoms with E-state index in [1.54, 1.807) is 0 Å². The minimum absolute atomic E-state index is 0.0309. The first kappa shape index (κ1) is 11.9. The molecule has 0 aliphatic rings. The number of unbranched alkanes of at least 4 members (excludes halogenated alkanes) is 1. The van der Waals surface area contributed by atoms with E-state index in [9.17, 15) is 5.11 Å². The Hall–Kier alpha value is -0.120. The van der Waals surface area contributed by atoms with Crippen molar-refractivity contribution in [2.45, 2.75) is 51.8 Å². The molecule has 0 aromatic carbocycles. The number of aliphatic hydroxyl groups is 1. The van der Waals surface area contributed by atoms with E-state index >= 15 is 0 Å². The second-order valence-corrected chi connectivity index (χ2v) is 3.33. The number of nitrogens with one attached hydrogen (secondary N) is 1. The second-order valence-electron chi connectivity index (χ2n) is 3.33. The minimum atomic E-state index is -0.156. The van der Waals surface area contributed by atoms with E-state index in [-0.39, 0.29) is 12.3 Å². The molecule has 2 atom stereocenters. The number of aliphatic hydroxyl groups excluding tert-OH is 1. The van der Waals surface area contributed by atoms with Crippen LogP contribution in [0.15, 0.2) is 0 Å². The Labute approximate surface area is 75.3 Å². The van der Waals surface area contributed by atoms with Crippen LogP contribution >= 0.6 is 0 Å². The highest BCUT2D eigenvalue weighted by atomic mass is 16.3. The molecule has 0 aromatic heterocycles. The second kappa shape index (κ2) is 7.53. The van der Waals surface area contributed by atoms with E-state index in [1.165, 1.54) is 0 Å². The quantitative estimate of drug-likeness (QED) is 0.501. The molecule has 0 aliphatic heterocycles. The van der Waals surface area contributed by atoms with Gasteiger partial charge < -0.3 is 16.2 Å². The first-order valence-corrected chi connectivity index (χ1v) is 4.83. The lowest BCUT2D eigenvalue weighted by atomic mass is 10.1. The predicted octanol–water partition coefficient (Wildman–Crippen LogP) is 0.822. The summed E-state index contributed by atoms with van der Waals surface area (Å²) >= 11 is 0. The van der Waals surface area contributed by atoms with Crippen molar-refractivity contribution in [2.24, 2.45) is 5.73 Å². The van der Waals surface area contributed by atoms with Crippen molar-refractivity contribution < 1.29 is 5.11 Å². The van der Waals surface area contributed by atoms with E-state index in [2.05, 4.69) is 12.2 Å². The highest BCUT2D eigenvalue weighted by Gasteiger charge is 2.02. The average molecular weight is 174 g/mol. The molecule has 3 nitrogen and oxygen atoms in total. The van der Waals surface area contributed by atoms with Crippen molar-refractivity contribution in [3.05, 3.63) is 0 Å². The molecule has 0 saturated carbocycles. The van der Waals surface area contributed by atoms with Gasteiger partial charge in [0.25, 0.3) is 0 Å². The van der Waals surface area contributed by atoms with Crippen LogP contribution in [0.1, 0.15) is 39.5 Å². The van der Waals surface area contributed by atoms with Crippen LogP contribution in [0.25, 0.3) is 0 Å². The molecule has 3 heteroatoms. The third-order valence-electron chi connectivity index (χ3n) is 1.83. The average Bonchev–Trinajstić information content (AvgIpc) is 2.00. The Balaban J connectivity index is 3.13. The van der Waals surface area contributed by atoms with Gasteiger partial charge in [-0.05, 0) is 26.3 Å². The third-order valence-corrected chi connectivity index (χ3v) is 1.83. The molecule has 0 heterocycles. The predicted molar refractivity (Wildman–Crippen MR) is 51.8 cm³/mol. The summed E-state index contributed by atoms with van der Waals surface area (Å²) in [7, 11) is 0. The largest absolute Gasteiger partial charge is 0.393 e. The maximum absolute atomic E-state index is 9.41. The number of hydrogen-bond donors (Lipinski definition) is 3. The van der Waals surface area contributed by atoms with Crippen LogP contribution < -0.4 is 11.1 Å². The molecule has 0 aliphatic carbocycles. The Bertz CT molecular complexity index is 96.5. The summed E-state index contributed by atoms with van der Waals surface area (Å²) in [6.07, 6.45) is 3.86. The lowest BCUT2D eigenvalue weighted by molar-refractivity contribution is 0.150. The molecule has 12 heavy (non-hydrogen) atoms. The number of rotatable bonds is 7. The fraction of sp³-hybridized carbons (Fsp3) is 1.00. The standard InChI is InChI=1S/C9H22N2O/c1-3-4-5-9(12)6-7-11-8(2)10/h8-9,11-12H,3-7,10H2,1-2H3. The summed E-state index contributed by atoms with van der Waals surface area (Å²) in [5, 5.41) is 12.5. The fourth-order valence-corrected chi connectivity index (χ4v) is 1.06. The van der Waals surface area contributed by atoms with Crippen LogP contribution in [0.5, 0.6) is 0 Å². The zero-order valence-corrected chi connectivity index (χ0v) is 8.21. The maximum atomic E-state index is 9.41. The summed E-state index contributed by atoms with van der Waals surface area (Å²) in [4.78, 5) is 0. The normalized spacial score (nSPS) is 16.0. The van der Waals surface area contributed by atoms with Crippen molar-refractivity contribution >= 4 is 0 Å².